The maximum Gasteiger partial charge on any atom is 0.274 e. The first kappa shape index (κ1) is 18.4. The lowest BCUT2D eigenvalue weighted by Crippen LogP contribution is -2.59. The summed E-state index contributed by atoms with van der Waals surface area (Å²) in [5, 5.41) is 2.92. The van der Waals surface area contributed by atoms with E-state index in [1.54, 1.807) is 6.07 Å². The summed E-state index contributed by atoms with van der Waals surface area (Å²) in [5.41, 5.74) is 3.30. The Morgan fingerprint density at radius 1 is 1.08 bits per heavy atom. The van der Waals surface area contributed by atoms with Gasteiger partial charge in [0.15, 0.2) is 0 Å². The molecule has 0 aliphatic carbocycles. The van der Waals surface area contributed by atoms with Crippen molar-refractivity contribution in [1.82, 2.24) is 4.98 Å². The molecule has 1 amide bonds. The second-order valence-corrected chi connectivity index (χ2v) is 7.07. The van der Waals surface area contributed by atoms with Gasteiger partial charge in [0.2, 0.25) is 0 Å². The van der Waals surface area contributed by atoms with Gasteiger partial charge in [-0.05, 0) is 57.2 Å². The van der Waals surface area contributed by atoms with Gasteiger partial charge in [0.1, 0.15) is 5.69 Å². The molecule has 0 saturated carbocycles. The molecule has 0 bridgehead atoms. The van der Waals surface area contributed by atoms with E-state index in [2.05, 4.69) is 41.2 Å². The number of carbonyl (C=O) groups excluding carboxylic acids is 1. The van der Waals surface area contributed by atoms with Crippen LogP contribution in [0.2, 0.25) is 0 Å². The summed E-state index contributed by atoms with van der Waals surface area (Å²) in [6, 6.07) is 13.6. The monoisotopic (exact) mass is 353 g/mol. The Hall–Kier alpha value is -2.40. The van der Waals surface area contributed by atoms with Gasteiger partial charge in [-0.1, -0.05) is 6.07 Å². The summed E-state index contributed by atoms with van der Waals surface area (Å²) in [6.45, 7) is 13.5. The molecule has 5 heteroatoms. The maximum absolute atomic E-state index is 12.3. The van der Waals surface area contributed by atoms with Gasteiger partial charge in [0, 0.05) is 17.1 Å². The fourth-order valence-corrected chi connectivity index (χ4v) is 3.62. The molecule has 1 saturated heterocycles. The summed E-state index contributed by atoms with van der Waals surface area (Å²) in [5.74, 6) is -0.174. The molecule has 0 radical (unpaired) electrons. The van der Waals surface area contributed by atoms with Crippen molar-refractivity contribution < 1.29 is 9.28 Å². The lowest BCUT2D eigenvalue weighted by atomic mass is 10.2. The highest BCUT2D eigenvalue weighted by molar-refractivity contribution is 6.02. The molecule has 2 heterocycles. The number of carbonyl (C=O) groups is 1. The van der Waals surface area contributed by atoms with Crippen LogP contribution in [-0.4, -0.2) is 54.6 Å². The van der Waals surface area contributed by atoms with Crippen LogP contribution in [0.15, 0.2) is 42.5 Å². The van der Waals surface area contributed by atoms with Crippen LogP contribution in [0.3, 0.4) is 0 Å². The number of piperazine rings is 1. The largest absolute Gasteiger partial charge is 0.360 e. The van der Waals surface area contributed by atoms with Crippen LogP contribution < -0.4 is 10.2 Å². The average molecular weight is 353 g/mol. The molecule has 5 nitrogen and oxygen atoms in total. The molecule has 0 atom stereocenters. The SMILES string of the molecule is CC[N+]1(CC)CCN(c2ccc(NC(=O)c3cccc(C)n3)cc2)CC1. The third-order valence-electron chi connectivity index (χ3n) is 5.64. The van der Waals surface area contributed by atoms with Crippen molar-refractivity contribution >= 4 is 17.3 Å². The summed E-state index contributed by atoms with van der Waals surface area (Å²) in [6.07, 6.45) is 0. The van der Waals surface area contributed by atoms with E-state index in [-0.39, 0.29) is 5.91 Å². The van der Waals surface area contributed by atoms with Crippen LogP contribution in [0.1, 0.15) is 30.0 Å². The molecule has 1 aromatic carbocycles. The highest BCUT2D eigenvalue weighted by Crippen LogP contribution is 2.22. The van der Waals surface area contributed by atoms with E-state index < -0.39 is 0 Å². The third kappa shape index (κ3) is 4.05. The number of aryl methyl sites for hydroxylation is 1. The zero-order valence-electron chi connectivity index (χ0n) is 16.0. The summed E-state index contributed by atoms with van der Waals surface area (Å²) in [7, 11) is 0. The van der Waals surface area contributed by atoms with Crippen LogP contribution in [0.25, 0.3) is 0 Å². The molecule has 1 N–H and O–H groups in total. The molecule has 0 unspecified atom stereocenters. The number of amides is 1. The van der Waals surface area contributed by atoms with E-state index >= 15 is 0 Å². The molecule has 1 fully saturated rings. The Bertz CT molecular complexity index is 743. The lowest BCUT2D eigenvalue weighted by Gasteiger charge is -2.44. The predicted octanol–water partition coefficient (Wildman–Crippen LogP) is 3.32. The van der Waals surface area contributed by atoms with Crippen LogP contribution in [-0.2, 0) is 0 Å². The molecule has 2 aromatic rings. The first-order chi connectivity index (χ1) is 12.5. The van der Waals surface area contributed by atoms with E-state index in [4.69, 9.17) is 0 Å². The fourth-order valence-electron chi connectivity index (χ4n) is 3.62. The van der Waals surface area contributed by atoms with Crippen LogP contribution in [0.5, 0.6) is 0 Å². The summed E-state index contributed by atoms with van der Waals surface area (Å²) in [4.78, 5) is 19.0. The van der Waals surface area contributed by atoms with Gasteiger partial charge in [-0.25, -0.2) is 4.98 Å². The average Bonchev–Trinajstić information content (AvgIpc) is 2.69. The van der Waals surface area contributed by atoms with Crippen molar-refractivity contribution in [3.63, 3.8) is 0 Å². The zero-order chi connectivity index (χ0) is 18.6. The normalized spacial score (nSPS) is 16.3. The molecule has 1 aromatic heterocycles. The molecular formula is C21H29N4O+. The minimum absolute atomic E-state index is 0.174. The highest BCUT2D eigenvalue weighted by atomic mass is 16.1. The van der Waals surface area contributed by atoms with Gasteiger partial charge in [0.05, 0.1) is 39.3 Å². The number of nitrogens with one attached hydrogen (secondary N) is 1. The number of benzene rings is 1. The van der Waals surface area contributed by atoms with Gasteiger partial charge in [-0.15, -0.1) is 0 Å². The van der Waals surface area contributed by atoms with E-state index in [0.717, 1.165) is 24.5 Å². The smallest absolute Gasteiger partial charge is 0.274 e. The molecule has 138 valence electrons. The van der Waals surface area contributed by atoms with Crippen molar-refractivity contribution in [2.45, 2.75) is 20.8 Å². The standard InChI is InChI=1S/C21H28N4O/c1-4-25(5-2)15-13-24(14-16-25)19-11-9-18(10-12-19)23-21(26)20-8-6-7-17(3)22-20/h6-12H,4-5,13-16H2,1-3H3/p+1. The summed E-state index contributed by atoms with van der Waals surface area (Å²) >= 11 is 0. The Morgan fingerprint density at radius 3 is 2.31 bits per heavy atom. The number of anilines is 2. The zero-order valence-corrected chi connectivity index (χ0v) is 16.0. The minimum atomic E-state index is -0.174. The fraction of sp³-hybridized carbons (Fsp3) is 0.429. The quantitative estimate of drug-likeness (QED) is 0.839. The molecule has 1 aliphatic heterocycles. The van der Waals surface area contributed by atoms with Gasteiger partial charge >= 0.3 is 0 Å². The van der Waals surface area contributed by atoms with Crippen molar-refractivity contribution in [1.29, 1.82) is 0 Å². The molecular weight excluding hydrogens is 324 g/mol. The second-order valence-electron chi connectivity index (χ2n) is 7.07. The van der Waals surface area contributed by atoms with Crippen molar-refractivity contribution in [2.75, 3.05) is 49.5 Å². The van der Waals surface area contributed by atoms with E-state index in [9.17, 15) is 4.79 Å². The number of aromatic nitrogens is 1. The first-order valence-corrected chi connectivity index (χ1v) is 9.50. The molecule has 3 rings (SSSR count). The third-order valence-corrected chi connectivity index (χ3v) is 5.64. The topological polar surface area (TPSA) is 45.2 Å². The van der Waals surface area contributed by atoms with Gasteiger partial charge in [-0.2, -0.15) is 0 Å². The van der Waals surface area contributed by atoms with Crippen LogP contribution >= 0.6 is 0 Å². The molecule has 1 aliphatic rings. The number of likely N-dealkylation sites (N-methyl/N-ethyl adjacent to an activating group) is 1. The van der Waals surface area contributed by atoms with Crippen molar-refractivity contribution in [3.05, 3.63) is 53.9 Å². The van der Waals surface area contributed by atoms with Crippen molar-refractivity contribution in [2.24, 2.45) is 0 Å². The highest BCUT2D eigenvalue weighted by Gasteiger charge is 2.29. The Kier molecular flexibility index (Phi) is 5.57. The minimum Gasteiger partial charge on any atom is -0.360 e. The predicted molar refractivity (Wildman–Crippen MR) is 107 cm³/mol. The van der Waals surface area contributed by atoms with E-state index in [1.807, 2.05) is 31.2 Å². The number of quaternary nitrogens is 1. The van der Waals surface area contributed by atoms with E-state index in [1.165, 1.54) is 36.3 Å². The molecule has 0 spiro atoms. The first-order valence-electron chi connectivity index (χ1n) is 9.50. The van der Waals surface area contributed by atoms with Gasteiger partial charge in [0.25, 0.3) is 5.91 Å². The van der Waals surface area contributed by atoms with Crippen LogP contribution in [0, 0.1) is 6.92 Å². The maximum atomic E-state index is 12.3. The number of hydrogen-bond acceptors (Lipinski definition) is 3. The Balaban J connectivity index is 1.61. The number of nitrogens with zero attached hydrogens (tertiary/aromatic N) is 3. The van der Waals surface area contributed by atoms with E-state index in [0.29, 0.717) is 5.69 Å². The van der Waals surface area contributed by atoms with Gasteiger partial charge < -0.3 is 14.7 Å². The Labute approximate surface area is 156 Å². The molecule has 26 heavy (non-hydrogen) atoms. The number of pyridine rings is 1. The summed E-state index contributed by atoms with van der Waals surface area (Å²) < 4.78 is 1.22. The van der Waals surface area contributed by atoms with Crippen molar-refractivity contribution in [3.8, 4) is 0 Å². The van der Waals surface area contributed by atoms with Crippen LogP contribution in [0.4, 0.5) is 11.4 Å². The number of hydrogen-bond donors (Lipinski definition) is 1. The lowest BCUT2D eigenvalue weighted by molar-refractivity contribution is -0.925. The second kappa shape index (κ2) is 7.87. The number of rotatable bonds is 5. The Morgan fingerprint density at radius 2 is 1.73 bits per heavy atom. The van der Waals surface area contributed by atoms with Gasteiger partial charge in [-0.3, -0.25) is 4.79 Å².